The Bertz CT molecular complexity index is 194. The molecule has 0 amide bonds. The van der Waals surface area contributed by atoms with Crippen molar-refractivity contribution in [2.24, 2.45) is 5.92 Å². The summed E-state index contributed by atoms with van der Waals surface area (Å²) in [5, 5.41) is 8.95. The van der Waals surface area contributed by atoms with Gasteiger partial charge < -0.3 is 5.11 Å². The minimum atomic E-state index is -0.736. The fourth-order valence-electron chi connectivity index (χ4n) is 1.74. The second-order valence-corrected chi connectivity index (χ2v) is 4.49. The summed E-state index contributed by atoms with van der Waals surface area (Å²) in [7, 11) is 1.91. The molecule has 3 unspecified atom stereocenters. The monoisotopic (exact) mass is 215 g/mol. The van der Waals surface area contributed by atoms with Crippen LogP contribution in [0.2, 0.25) is 0 Å². The minimum absolute atomic E-state index is 0.381. The second kappa shape index (κ2) is 6.83. The molecule has 15 heavy (non-hydrogen) atoms. The fraction of sp³-hybridized carbons (Fsp3) is 0.917. The Morgan fingerprint density at radius 1 is 1.27 bits per heavy atom. The summed E-state index contributed by atoms with van der Waals surface area (Å²) < 4.78 is 0. The van der Waals surface area contributed by atoms with Crippen molar-refractivity contribution in [2.75, 3.05) is 7.05 Å². The van der Waals surface area contributed by atoms with Crippen molar-refractivity contribution in [3.8, 4) is 0 Å². The van der Waals surface area contributed by atoms with Crippen LogP contribution in [0.15, 0.2) is 0 Å². The molecule has 0 aliphatic heterocycles. The van der Waals surface area contributed by atoms with E-state index in [1.807, 2.05) is 11.9 Å². The van der Waals surface area contributed by atoms with Crippen LogP contribution < -0.4 is 0 Å². The third-order valence-corrected chi connectivity index (χ3v) is 3.39. The van der Waals surface area contributed by atoms with Crippen molar-refractivity contribution in [3.05, 3.63) is 0 Å². The van der Waals surface area contributed by atoms with E-state index in [0.717, 1.165) is 19.3 Å². The lowest BCUT2D eigenvalue weighted by molar-refractivity contribution is -0.143. The average molecular weight is 215 g/mol. The van der Waals surface area contributed by atoms with Crippen LogP contribution in [0.3, 0.4) is 0 Å². The van der Waals surface area contributed by atoms with Crippen molar-refractivity contribution < 1.29 is 9.90 Å². The molecule has 0 rings (SSSR count). The lowest BCUT2D eigenvalue weighted by Gasteiger charge is -2.32. The smallest absolute Gasteiger partial charge is 0.320 e. The van der Waals surface area contributed by atoms with Crippen molar-refractivity contribution in [1.82, 2.24) is 4.90 Å². The van der Waals surface area contributed by atoms with Gasteiger partial charge in [0.2, 0.25) is 0 Å². The normalized spacial score (nSPS) is 17.5. The Morgan fingerprint density at radius 2 is 1.80 bits per heavy atom. The van der Waals surface area contributed by atoms with Gasteiger partial charge in [-0.25, -0.2) is 0 Å². The summed E-state index contributed by atoms with van der Waals surface area (Å²) in [6.45, 7) is 8.28. The van der Waals surface area contributed by atoms with Gasteiger partial charge in [-0.2, -0.15) is 0 Å². The van der Waals surface area contributed by atoms with Crippen molar-refractivity contribution >= 4 is 5.97 Å². The molecule has 3 nitrogen and oxygen atoms in total. The number of carbonyl (C=O) groups is 1. The Kier molecular flexibility index (Phi) is 6.57. The third kappa shape index (κ3) is 4.65. The maximum atomic E-state index is 10.9. The molecule has 1 N–H and O–H groups in total. The summed E-state index contributed by atoms with van der Waals surface area (Å²) in [6, 6.07) is -0.00921. The molecule has 0 fully saturated rings. The van der Waals surface area contributed by atoms with Crippen LogP contribution in [0.1, 0.15) is 47.0 Å². The first-order chi connectivity index (χ1) is 6.93. The Hall–Kier alpha value is -0.570. The van der Waals surface area contributed by atoms with Gasteiger partial charge in [0, 0.05) is 6.04 Å². The molecule has 0 saturated heterocycles. The van der Waals surface area contributed by atoms with Crippen LogP contribution in [0.5, 0.6) is 0 Å². The fourth-order valence-corrected chi connectivity index (χ4v) is 1.74. The summed E-state index contributed by atoms with van der Waals surface area (Å²) in [4.78, 5) is 12.9. The summed E-state index contributed by atoms with van der Waals surface area (Å²) in [5.74, 6) is -0.0708. The molecular weight excluding hydrogens is 190 g/mol. The molecule has 0 aromatic rings. The molecule has 0 heterocycles. The van der Waals surface area contributed by atoms with E-state index in [1.54, 1.807) is 6.92 Å². The van der Waals surface area contributed by atoms with Gasteiger partial charge in [-0.15, -0.1) is 0 Å². The molecule has 90 valence electrons. The van der Waals surface area contributed by atoms with E-state index >= 15 is 0 Å². The first kappa shape index (κ1) is 14.4. The zero-order chi connectivity index (χ0) is 12.0. The zero-order valence-electron chi connectivity index (χ0n) is 10.7. The lowest BCUT2D eigenvalue weighted by Crippen LogP contribution is -2.43. The molecule has 0 bridgehead atoms. The molecule has 0 radical (unpaired) electrons. The van der Waals surface area contributed by atoms with Crippen LogP contribution >= 0.6 is 0 Å². The quantitative estimate of drug-likeness (QED) is 0.709. The van der Waals surface area contributed by atoms with Gasteiger partial charge in [0.15, 0.2) is 0 Å². The Morgan fingerprint density at radius 3 is 2.13 bits per heavy atom. The van der Waals surface area contributed by atoms with Gasteiger partial charge in [0.25, 0.3) is 0 Å². The van der Waals surface area contributed by atoms with E-state index in [0.29, 0.717) is 12.0 Å². The van der Waals surface area contributed by atoms with Crippen LogP contribution in [-0.2, 0) is 4.79 Å². The largest absolute Gasteiger partial charge is 0.480 e. The molecule has 0 aliphatic rings. The molecule has 0 aromatic carbocycles. The van der Waals surface area contributed by atoms with E-state index in [2.05, 4.69) is 20.8 Å². The average Bonchev–Trinajstić information content (AvgIpc) is 2.23. The van der Waals surface area contributed by atoms with Crippen LogP contribution in [0, 0.1) is 5.92 Å². The third-order valence-electron chi connectivity index (χ3n) is 3.39. The highest BCUT2D eigenvalue weighted by Crippen LogP contribution is 2.18. The van der Waals surface area contributed by atoms with Gasteiger partial charge in [0.1, 0.15) is 6.04 Å². The topological polar surface area (TPSA) is 40.5 Å². The van der Waals surface area contributed by atoms with Crippen molar-refractivity contribution in [2.45, 2.75) is 59.0 Å². The second-order valence-electron chi connectivity index (χ2n) is 4.49. The molecule has 0 aliphatic carbocycles. The summed E-state index contributed by atoms with van der Waals surface area (Å²) >= 11 is 0. The van der Waals surface area contributed by atoms with Gasteiger partial charge in [-0.3, -0.25) is 9.69 Å². The zero-order valence-corrected chi connectivity index (χ0v) is 10.7. The predicted molar refractivity (Wildman–Crippen MR) is 63.0 cm³/mol. The number of rotatable bonds is 7. The number of hydrogen-bond donors (Lipinski definition) is 1. The van der Waals surface area contributed by atoms with Gasteiger partial charge >= 0.3 is 5.97 Å². The van der Waals surface area contributed by atoms with Crippen LogP contribution in [0.4, 0.5) is 0 Å². The molecular formula is C12H25NO2. The summed E-state index contributed by atoms with van der Waals surface area (Å²) in [5.41, 5.74) is 0. The Labute approximate surface area is 93.5 Å². The molecule has 0 saturated carbocycles. The van der Waals surface area contributed by atoms with E-state index in [9.17, 15) is 4.79 Å². The summed E-state index contributed by atoms with van der Waals surface area (Å²) in [6.07, 6.45) is 3.26. The minimum Gasteiger partial charge on any atom is -0.480 e. The van der Waals surface area contributed by atoms with E-state index in [4.69, 9.17) is 5.11 Å². The van der Waals surface area contributed by atoms with Crippen LogP contribution in [0.25, 0.3) is 0 Å². The van der Waals surface area contributed by atoms with Crippen LogP contribution in [-0.4, -0.2) is 35.1 Å². The van der Waals surface area contributed by atoms with Gasteiger partial charge in [0.05, 0.1) is 0 Å². The number of nitrogens with zero attached hydrogens (tertiary/aromatic N) is 1. The van der Waals surface area contributed by atoms with Gasteiger partial charge in [-0.05, 0) is 32.7 Å². The standard InChI is InChI=1S/C12H25NO2/c1-6-9(3)8-11(7-2)13(5)10(4)12(14)15/h9-11H,6-8H2,1-5H3,(H,14,15). The van der Waals surface area contributed by atoms with Gasteiger partial charge in [-0.1, -0.05) is 27.2 Å². The Balaban J connectivity index is 4.33. The van der Waals surface area contributed by atoms with Crippen molar-refractivity contribution in [1.29, 1.82) is 0 Å². The highest BCUT2D eigenvalue weighted by molar-refractivity contribution is 5.72. The first-order valence-electron chi connectivity index (χ1n) is 5.88. The highest BCUT2D eigenvalue weighted by atomic mass is 16.4. The van der Waals surface area contributed by atoms with E-state index in [1.165, 1.54) is 0 Å². The number of aliphatic carboxylic acids is 1. The maximum Gasteiger partial charge on any atom is 0.320 e. The number of likely N-dealkylation sites (N-methyl/N-ethyl adjacent to an activating group) is 1. The maximum absolute atomic E-state index is 10.9. The molecule has 3 heteroatoms. The lowest BCUT2D eigenvalue weighted by atomic mass is 9.96. The number of carboxylic acids is 1. The predicted octanol–water partition coefficient (Wildman–Crippen LogP) is 2.61. The van der Waals surface area contributed by atoms with E-state index < -0.39 is 5.97 Å². The number of carboxylic acid groups (broad SMARTS) is 1. The number of hydrogen-bond acceptors (Lipinski definition) is 2. The highest BCUT2D eigenvalue weighted by Gasteiger charge is 2.24. The molecule has 0 spiro atoms. The molecule has 0 aromatic heterocycles. The molecule has 3 atom stereocenters. The SMILES string of the molecule is CCC(C)CC(CC)N(C)C(C)C(=O)O. The first-order valence-corrected chi connectivity index (χ1v) is 5.88. The van der Waals surface area contributed by atoms with Crippen molar-refractivity contribution in [3.63, 3.8) is 0 Å². The van der Waals surface area contributed by atoms with E-state index in [-0.39, 0.29) is 6.04 Å².